The molecule has 0 heterocycles. The topological polar surface area (TPSA) is 64.6 Å². The zero-order chi connectivity index (χ0) is 23.0. The molecule has 1 aliphatic carbocycles. The smallest absolute Gasteiger partial charge is 0.341 e. The first-order valence-corrected chi connectivity index (χ1v) is 11.8. The standard InChI is InChI=1S/C27H35NO4/c1-4-6-17-32-24-14-13-22(19-23(24)25(29)31-5-2)28-26(30)27(15-8-7-9-16-27)21-12-10-11-20(3)18-21/h10-14,18-19H,4-9,15-17H2,1-3H3,(H,28,30). The summed E-state index contributed by atoms with van der Waals surface area (Å²) in [6, 6.07) is 13.5. The van der Waals surface area contributed by atoms with Gasteiger partial charge in [-0.2, -0.15) is 0 Å². The van der Waals surface area contributed by atoms with Gasteiger partial charge in [0.15, 0.2) is 0 Å². The summed E-state index contributed by atoms with van der Waals surface area (Å²) in [7, 11) is 0. The van der Waals surface area contributed by atoms with Crippen molar-refractivity contribution < 1.29 is 19.1 Å². The molecule has 0 aromatic heterocycles. The van der Waals surface area contributed by atoms with E-state index in [1.54, 1.807) is 25.1 Å². The van der Waals surface area contributed by atoms with E-state index < -0.39 is 11.4 Å². The number of carbonyl (C=O) groups is 2. The molecule has 2 aromatic rings. The molecule has 0 aliphatic heterocycles. The molecule has 1 saturated carbocycles. The maximum absolute atomic E-state index is 13.6. The highest BCUT2D eigenvalue weighted by atomic mass is 16.5. The number of benzene rings is 2. The fourth-order valence-electron chi connectivity index (χ4n) is 4.42. The van der Waals surface area contributed by atoms with Crippen LogP contribution in [-0.2, 0) is 14.9 Å². The van der Waals surface area contributed by atoms with Gasteiger partial charge in [-0.1, -0.05) is 62.4 Å². The lowest BCUT2D eigenvalue weighted by atomic mass is 9.68. The highest BCUT2D eigenvalue weighted by molar-refractivity contribution is 6.01. The van der Waals surface area contributed by atoms with Gasteiger partial charge in [-0.05, 0) is 56.9 Å². The van der Waals surface area contributed by atoms with E-state index in [2.05, 4.69) is 37.4 Å². The van der Waals surface area contributed by atoms with Crippen LogP contribution >= 0.6 is 0 Å². The predicted octanol–water partition coefficient (Wildman–Crippen LogP) is 6.19. The Balaban J connectivity index is 1.89. The summed E-state index contributed by atoms with van der Waals surface area (Å²) in [6.07, 6.45) is 6.76. The number of esters is 1. The molecule has 0 bridgehead atoms. The number of unbranched alkanes of at least 4 members (excludes halogenated alkanes) is 1. The van der Waals surface area contributed by atoms with Crippen molar-refractivity contribution in [2.45, 2.75) is 71.1 Å². The van der Waals surface area contributed by atoms with Crippen molar-refractivity contribution >= 4 is 17.6 Å². The number of hydrogen-bond donors (Lipinski definition) is 1. The molecule has 32 heavy (non-hydrogen) atoms. The minimum Gasteiger partial charge on any atom is -0.493 e. The fraction of sp³-hybridized carbons (Fsp3) is 0.481. The lowest BCUT2D eigenvalue weighted by Gasteiger charge is -2.36. The summed E-state index contributed by atoms with van der Waals surface area (Å²) >= 11 is 0. The van der Waals surface area contributed by atoms with Gasteiger partial charge in [0.1, 0.15) is 11.3 Å². The number of hydrogen-bond acceptors (Lipinski definition) is 4. The molecular weight excluding hydrogens is 402 g/mol. The number of amides is 1. The number of anilines is 1. The Hall–Kier alpha value is -2.82. The minimum atomic E-state index is -0.551. The van der Waals surface area contributed by atoms with Gasteiger partial charge in [-0.15, -0.1) is 0 Å². The highest BCUT2D eigenvalue weighted by Crippen LogP contribution is 2.41. The first kappa shape index (κ1) is 23.8. The van der Waals surface area contributed by atoms with Crippen LogP contribution < -0.4 is 10.1 Å². The van der Waals surface area contributed by atoms with Crippen molar-refractivity contribution in [3.05, 3.63) is 59.2 Å². The lowest BCUT2D eigenvalue weighted by molar-refractivity contribution is -0.122. The van der Waals surface area contributed by atoms with Gasteiger partial charge in [0.2, 0.25) is 5.91 Å². The van der Waals surface area contributed by atoms with Crippen molar-refractivity contribution in [1.82, 2.24) is 0 Å². The summed E-state index contributed by atoms with van der Waals surface area (Å²) in [6.45, 7) is 6.73. The summed E-state index contributed by atoms with van der Waals surface area (Å²) in [5.74, 6) is 0.0272. The number of carbonyl (C=O) groups excluding carboxylic acids is 2. The third kappa shape index (κ3) is 5.50. The van der Waals surface area contributed by atoms with E-state index in [1.807, 2.05) is 6.07 Å². The average molecular weight is 438 g/mol. The number of nitrogens with one attached hydrogen (secondary N) is 1. The van der Waals surface area contributed by atoms with E-state index in [0.29, 0.717) is 23.6 Å². The first-order valence-electron chi connectivity index (χ1n) is 11.8. The molecule has 5 heteroatoms. The van der Waals surface area contributed by atoms with Crippen LogP contribution in [0.5, 0.6) is 5.75 Å². The molecule has 1 amide bonds. The van der Waals surface area contributed by atoms with E-state index in [9.17, 15) is 9.59 Å². The summed E-state index contributed by atoms with van der Waals surface area (Å²) < 4.78 is 11.0. The third-order valence-corrected chi connectivity index (χ3v) is 6.20. The predicted molar refractivity (Wildman–Crippen MR) is 127 cm³/mol. The van der Waals surface area contributed by atoms with Crippen molar-refractivity contribution in [1.29, 1.82) is 0 Å². The van der Waals surface area contributed by atoms with Gasteiger partial charge in [-0.3, -0.25) is 4.79 Å². The number of ether oxygens (including phenoxy) is 2. The van der Waals surface area contributed by atoms with Gasteiger partial charge < -0.3 is 14.8 Å². The average Bonchev–Trinajstić information content (AvgIpc) is 2.80. The van der Waals surface area contributed by atoms with E-state index >= 15 is 0 Å². The first-order chi connectivity index (χ1) is 15.5. The molecule has 5 nitrogen and oxygen atoms in total. The molecule has 3 rings (SSSR count). The molecule has 2 aromatic carbocycles. The molecule has 0 unspecified atom stereocenters. The van der Waals surface area contributed by atoms with E-state index in [1.165, 1.54) is 0 Å². The zero-order valence-electron chi connectivity index (χ0n) is 19.5. The molecular formula is C27H35NO4. The maximum atomic E-state index is 13.6. The highest BCUT2D eigenvalue weighted by Gasteiger charge is 2.41. The van der Waals surface area contributed by atoms with Crippen LogP contribution in [0.3, 0.4) is 0 Å². The molecule has 1 aliphatic rings. The van der Waals surface area contributed by atoms with Gasteiger partial charge in [-0.25, -0.2) is 4.79 Å². The number of aryl methyl sites for hydroxylation is 1. The second kappa shape index (κ2) is 11.2. The Morgan fingerprint density at radius 2 is 1.81 bits per heavy atom. The van der Waals surface area contributed by atoms with E-state index in [-0.39, 0.29) is 12.5 Å². The summed E-state index contributed by atoms with van der Waals surface area (Å²) in [5.41, 5.74) is 2.59. The molecule has 172 valence electrons. The SMILES string of the molecule is CCCCOc1ccc(NC(=O)C2(c3cccc(C)c3)CCCCC2)cc1C(=O)OCC. The Morgan fingerprint density at radius 3 is 2.50 bits per heavy atom. The molecule has 0 saturated heterocycles. The lowest BCUT2D eigenvalue weighted by Crippen LogP contribution is -2.42. The van der Waals surface area contributed by atoms with Crippen LogP contribution in [-0.4, -0.2) is 25.1 Å². The van der Waals surface area contributed by atoms with E-state index in [4.69, 9.17) is 9.47 Å². The van der Waals surface area contributed by atoms with Gasteiger partial charge in [0.05, 0.1) is 18.6 Å². The molecule has 0 spiro atoms. The Bertz CT molecular complexity index is 931. The van der Waals surface area contributed by atoms with Crippen LogP contribution in [0.4, 0.5) is 5.69 Å². The van der Waals surface area contributed by atoms with Crippen LogP contribution in [0.2, 0.25) is 0 Å². The molecule has 0 radical (unpaired) electrons. The fourth-order valence-corrected chi connectivity index (χ4v) is 4.42. The number of rotatable bonds is 9. The monoisotopic (exact) mass is 437 g/mol. The summed E-state index contributed by atoms with van der Waals surface area (Å²) in [5, 5.41) is 3.10. The Morgan fingerprint density at radius 1 is 1.03 bits per heavy atom. The maximum Gasteiger partial charge on any atom is 0.341 e. The second-order valence-electron chi connectivity index (χ2n) is 8.60. The van der Waals surface area contributed by atoms with Crippen molar-refractivity contribution in [3.8, 4) is 5.75 Å². The van der Waals surface area contributed by atoms with Crippen molar-refractivity contribution in [3.63, 3.8) is 0 Å². The van der Waals surface area contributed by atoms with Gasteiger partial charge >= 0.3 is 5.97 Å². The molecule has 1 N–H and O–H groups in total. The largest absolute Gasteiger partial charge is 0.493 e. The normalized spacial score (nSPS) is 15.1. The minimum absolute atomic E-state index is 0.0164. The Labute approximate surface area is 191 Å². The van der Waals surface area contributed by atoms with Crippen LogP contribution in [0.15, 0.2) is 42.5 Å². The van der Waals surface area contributed by atoms with Crippen molar-refractivity contribution in [2.24, 2.45) is 0 Å². The molecule has 1 fully saturated rings. The van der Waals surface area contributed by atoms with Crippen LogP contribution in [0, 0.1) is 6.92 Å². The molecule has 0 atom stereocenters. The van der Waals surface area contributed by atoms with E-state index in [0.717, 1.165) is 56.1 Å². The van der Waals surface area contributed by atoms with Crippen LogP contribution in [0.1, 0.15) is 80.3 Å². The van der Waals surface area contributed by atoms with Crippen LogP contribution in [0.25, 0.3) is 0 Å². The Kier molecular flexibility index (Phi) is 8.32. The van der Waals surface area contributed by atoms with Gasteiger partial charge in [0, 0.05) is 5.69 Å². The zero-order valence-corrected chi connectivity index (χ0v) is 19.5. The van der Waals surface area contributed by atoms with Gasteiger partial charge in [0.25, 0.3) is 0 Å². The quantitative estimate of drug-likeness (QED) is 0.375. The summed E-state index contributed by atoms with van der Waals surface area (Å²) in [4.78, 5) is 26.2. The third-order valence-electron chi connectivity index (χ3n) is 6.20. The second-order valence-corrected chi connectivity index (χ2v) is 8.60. The van der Waals surface area contributed by atoms with Crippen molar-refractivity contribution in [2.75, 3.05) is 18.5 Å².